The van der Waals surface area contributed by atoms with Crippen molar-refractivity contribution in [3.05, 3.63) is 89.9 Å². The summed E-state index contributed by atoms with van der Waals surface area (Å²) < 4.78 is 12.9. The highest BCUT2D eigenvalue weighted by atomic mass is 16.5. The SMILES string of the molecule is COc1ccccc1-c1nc2n(n1)C(c1ccccc1OC)C(C(=O)Nc1cccnc1)=C(C)N2. The van der Waals surface area contributed by atoms with Gasteiger partial charge in [0.05, 0.1) is 37.2 Å². The fourth-order valence-corrected chi connectivity index (χ4v) is 4.20. The number of hydrogen-bond donors (Lipinski definition) is 2. The van der Waals surface area contributed by atoms with Gasteiger partial charge in [-0.1, -0.05) is 30.3 Å². The number of rotatable bonds is 6. The Morgan fingerprint density at radius 1 is 1.00 bits per heavy atom. The number of nitrogens with one attached hydrogen (secondary N) is 2. The molecule has 1 amide bonds. The molecule has 0 radical (unpaired) electrons. The predicted molar refractivity (Wildman–Crippen MR) is 132 cm³/mol. The standard InChI is InChI=1S/C26H24N6O3/c1-16-22(25(33)29-17-9-8-14-27-15-17)23(18-10-4-6-12-20(18)34-2)32-26(28-16)30-24(31-32)19-11-5-7-13-21(19)35-3/h4-15,23H,1-3H3,(H,29,33)(H,28,30,31). The van der Waals surface area contributed by atoms with E-state index in [2.05, 4.69) is 15.6 Å². The highest BCUT2D eigenvalue weighted by molar-refractivity contribution is 6.06. The molecule has 2 N–H and O–H groups in total. The molecular formula is C26H24N6O3. The Kier molecular flexibility index (Phi) is 5.88. The van der Waals surface area contributed by atoms with E-state index in [0.29, 0.717) is 40.2 Å². The number of allylic oxidation sites excluding steroid dienone is 1. The lowest BCUT2D eigenvalue weighted by atomic mass is 9.94. The van der Waals surface area contributed by atoms with Crippen molar-refractivity contribution in [3.8, 4) is 22.9 Å². The predicted octanol–water partition coefficient (Wildman–Crippen LogP) is 4.28. The molecule has 0 aliphatic carbocycles. The van der Waals surface area contributed by atoms with Crippen molar-refractivity contribution in [2.75, 3.05) is 24.9 Å². The first-order valence-electron chi connectivity index (χ1n) is 11.0. The van der Waals surface area contributed by atoms with Crippen LogP contribution in [0, 0.1) is 0 Å². The first-order chi connectivity index (χ1) is 17.1. The maximum absolute atomic E-state index is 13.6. The van der Waals surface area contributed by atoms with Crippen LogP contribution in [0.1, 0.15) is 18.5 Å². The molecule has 0 saturated heterocycles. The zero-order valence-corrected chi connectivity index (χ0v) is 19.5. The number of amides is 1. The number of nitrogens with zero attached hydrogens (tertiary/aromatic N) is 4. The largest absolute Gasteiger partial charge is 0.496 e. The number of methoxy groups -OCH3 is 2. The summed E-state index contributed by atoms with van der Waals surface area (Å²) in [6, 6.07) is 18.1. The average molecular weight is 469 g/mol. The molecule has 4 aromatic rings. The van der Waals surface area contributed by atoms with E-state index in [4.69, 9.17) is 19.6 Å². The number of carbonyl (C=O) groups excluding carboxylic acids is 1. The number of pyridine rings is 1. The molecule has 176 valence electrons. The number of anilines is 2. The fourth-order valence-electron chi connectivity index (χ4n) is 4.20. The van der Waals surface area contributed by atoms with Crippen LogP contribution in [0.25, 0.3) is 11.4 Å². The van der Waals surface area contributed by atoms with Gasteiger partial charge in [0.2, 0.25) is 5.95 Å². The van der Waals surface area contributed by atoms with Gasteiger partial charge in [-0.3, -0.25) is 9.78 Å². The molecular weight excluding hydrogens is 444 g/mol. The molecule has 3 heterocycles. The summed E-state index contributed by atoms with van der Waals surface area (Å²) >= 11 is 0. The zero-order chi connectivity index (χ0) is 24.4. The molecule has 0 saturated carbocycles. The summed E-state index contributed by atoms with van der Waals surface area (Å²) in [5, 5.41) is 11.0. The van der Waals surface area contributed by atoms with Crippen LogP contribution >= 0.6 is 0 Å². The van der Waals surface area contributed by atoms with Gasteiger partial charge in [-0.2, -0.15) is 4.98 Å². The van der Waals surface area contributed by atoms with E-state index in [1.165, 1.54) is 0 Å². The van der Waals surface area contributed by atoms with Crippen LogP contribution in [-0.4, -0.2) is 39.9 Å². The Bertz CT molecular complexity index is 1410. The Morgan fingerprint density at radius 2 is 1.74 bits per heavy atom. The van der Waals surface area contributed by atoms with Crippen molar-refractivity contribution in [2.24, 2.45) is 0 Å². The molecule has 9 nitrogen and oxygen atoms in total. The van der Waals surface area contributed by atoms with Gasteiger partial charge in [-0.05, 0) is 37.3 Å². The molecule has 1 aliphatic heterocycles. The third-order valence-corrected chi connectivity index (χ3v) is 5.80. The second kappa shape index (κ2) is 9.30. The molecule has 1 atom stereocenters. The number of benzene rings is 2. The number of fused-ring (bicyclic) bond motifs is 1. The minimum absolute atomic E-state index is 0.279. The van der Waals surface area contributed by atoms with Crippen molar-refractivity contribution in [1.82, 2.24) is 19.7 Å². The fraction of sp³-hybridized carbons (Fsp3) is 0.154. The lowest BCUT2D eigenvalue weighted by Crippen LogP contribution is -2.31. The summed E-state index contributed by atoms with van der Waals surface area (Å²) in [5.41, 5.74) is 3.27. The Hall–Kier alpha value is -4.66. The van der Waals surface area contributed by atoms with E-state index < -0.39 is 6.04 Å². The summed E-state index contributed by atoms with van der Waals surface area (Å²) in [6.45, 7) is 1.85. The van der Waals surface area contributed by atoms with Gasteiger partial charge >= 0.3 is 0 Å². The maximum atomic E-state index is 13.6. The molecule has 9 heteroatoms. The second-order valence-corrected chi connectivity index (χ2v) is 7.91. The van der Waals surface area contributed by atoms with Crippen LogP contribution in [0.5, 0.6) is 11.5 Å². The van der Waals surface area contributed by atoms with Crippen LogP contribution in [0.4, 0.5) is 11.6 Å². The zero-order valence-electron chi connectivity index (χ0n) is 19.5. The van der Waals surface area contributed by atoms with E-state index in [1.54, 1.807) is 43.4 Å². The van der Waals surface area contributed by atoms with Crippen molar-refractivity contribution >= 4 is 17.5 Å². The lowest BCUT2D eigenvalue weighted by molar-refractivity contribution is -0.113. The summed E-state index contributed by atoms with van der Waals surface area (Å²) in [7, 11) is 3.21. The molecule has 0 fully saturated rings. The van der Waals surface area contributed by atoms with E-state index in [9.17, 15) is 4.79 Å². The third-order valence-electron chi connectivity index (χ3n) is 5.80. The Morgan fingerprint density at radius 3 is 2.49 bits per heavy atom. The number of hydrogen-bond acceptors (Lipinski definition) is 7. The van der Waals surface area contributed by atoms with Crippen molar-refractivity contribution < 1.29 is 14.3 Å². The van der Waals surface area contributed by atoms with Crippen molar-refractivity contribution in [3.63, 3.8) is 0 Å². The number of para-hydroxylation sites is 2. The van der Waals surface area contributed by atoms with Gasteiger partial charge < -0.3 is 20.1 Å². The van der Waals surface area contributed by atoms with Crippen LogP contribution in [0.3, 0.4) is 0 Å². The highest BCUT2D eigenvalue weighted by Gasteiger charge is 2.36. The van der Waals surface area contributed by atoms with E-state index in [0.717, 1.165) is 11.1 Å². The molecule has 0 bridgehead atoms. The van der Waals surface area contributed by atoms with Crippen molar-refractivity contribution in [2.45, 2.75) is 13.0 Å². The summed E-state index contributed by atoms with van der Waals surface area (Å²) in [5.74, 6) is 2.00. The van der Waals surface area contributed by atoms with E-state index >= 15 is 0 Å². The quantitative estimate of drug-likeness (QED) is 0.435. The van der Waals surface area contributed by atoms with Gasteiger partial charge in [-0.25, -0.2) is 4.68 Å². The summed E-state index contributed by atoms with van der Waals surface area (Å²) in [4.78, 5) is 22.4. The minimum Gasteiger partial charge on any atom is -0.496 e. The van der Waals surface area contributed by atoms with Crippen LogP contribution in [0.2, 0.25) is 0 Å². The molecule has 5 rings (SSSR count). The van der Waals surface area contributed by atoms with Crippen LogP contribution < -0.4 is 20.1 Å². The average Bonchev–Trinajstić information content (AvgIpc) is 3.31. The normalized spacial score (nSPS) is 14.7. The van der Waals surface area contributed by atoms with Crippen LogP contribution in [-0.2, 0) is 4.79 Å². The topological polar surface area (TPSA) is 103 Å². The lowest BCUT2D eigenvalue weighted by Gasteiger charge is -2.29. The molecule has 35 heavy (non-hydrogen) atoms. The minimum atomic E-state index is -0.588. The molecule has 1 aliphatic rings. The van der Waals surface area contributed by atoms with E-state index in [-0.39, 0.29) is 5.91 Å². The Balaban J connectivity index is 1.65. The first kappa shape index (κ1) is 22.1. The van der Waals surface area contributed by atoms with Crippen LogP contribution in [0.15, 0.2) is 84.3 Å². The maximum Gasteiger partial charge on any atom is 0.255 e. The van der Waals surface area contributed by atoms with E-state index in [1.807, 2.05) is 55.5 Å². The van der Waals surface area contributed by atoms with Gasteiger partial charge in [0.15, 0.2) is 5.82 Å². The monoisotopic (exact) mass is 468 g/mol. The second-order valence-electron chi connectivity index (χ2n) is 7.91. The molecule has 0 spiro atoms. The molecule has 2 aromatic carbocycles. The molecule has 2 aromatic heterocycles. The number of ether oxygens (including phenoxy) is 2. The smallest absolute Gasteiger partial charge is 0.255 e. The van der Waals surface area contributed by atoms with Gasteiger partial charge in [0, 0.05) is 17.5 Å². The molecule has 1 unspecified atom stereocenters. The van der Waals surface area contributed by atoms with Gasteiger partial charge in [0.1, 0.15) is 17.5 Å². The third kappa shape index (κ3) is 4.08. The van der Waals surface area contributed by atoms with Crippen molar-refractivity contribution in [1.29, 1.82) is 0 Å². The number of carbonyl (C=O) groups is 1. The first-order valence-corrected chi connectivity index (χ1v) is 11.0. The van der Waals surface area contributed by atoms with Gasteiger partial charge in [-0.15, -0.1) is 5.10 Å². The highest BCUT2D eigenvalue weighted by Crippen LogP contribution is 2.40. The van der Waals surface area contributed by atoms with Gasteiger partial charge in [0.25, 0.3) is 5.91 Å². The number of aromatic nitrogens is 4. The Labute approximate surface area is 202 Å². The summed E-state index contributed by atoms with van der Waals surface area (Å²) in [6.07, 6.45) is 3.25.